The predicted octanol–water partition coefficient (Wildman–Crippen LogP) is 2.40. The minimum Gasteiger partial charge on any atom is -0.343 e. The van der Waals surface area contributed by atoms with E-state index in [1.165, 1.54) is 0 Å². The average molecular weight is 323 g/mol. The lowest BCUT2D eigenvalue weighted by molar-refractivity contribution is -0.146. The van der Waals surface area contributed by atoms with Crippen LogP contribution in [-0.2, 0) is 16.9 Å². The molecule has 0 fully saturated rings. The Balaban J connectivity index is 3.02. The van der Waals surface area contributed by atoms with Gasteiger partial charge in [0.25, 0.3) is 0 Å². The minimum atomic E-state index is -0.609. The van der Waals surface area contributed by atoms with Crippen molar-refractivity contribution in [3.63, 3.8) is 0 Å². The summed E-state index contributed by atoms with van der Waals surface area (Å²) >= 11 is 0. The van der Waals surface area contributed by atoms with Crippen LogP contribution in [0, 0.1) is 5.41 Å². The topological polar surface area (TPSA) is 63.1 Å². The molecule has 132 valence electrons. The first-order valence-corrected chi connectivity index (χ1v) is 8.33. The lowest BCUT2D eigenvalue weighted by Gasteiger charge is -2.42. The molecule has 0 radical (unpaired) electrons. The summed E-state index contributed by atoms with van der Waals surface area (Å²) in [5, 5.41) is 11.8. The third-order valence-electron chi connectivity index (χ3n) is 4.96. The van der Waals surface area contributed by atoms with Gasteiger partial charge in [-0.15, -0.1) is 5.10 Å². The summed E-state index contributed by atoms with van der Waals surface area (Å²) in [6.45, 7) is 16.9. The molecular formula is C17H33N5O. The van der Waals surface area contributed by atoms with Gasteiger partial charge < -0.3 is 10.2 Å². The number of nitrogens with zero attached hydrogens (tertiary/aromatic N) is 4. The van der Waals surface area contributed by atoms with Crippen molar-refractivity contribution >= 4 is 5.91 Å². The van der Waals surface area contributed by atoms with Gasteiger partial charge in [-0.05, 0) is 41.5 Å². The Labute approximate surface area is 140 Å². The summed E-state index contributed by atoms with van der Waals surface area (Å²) in [5.74, 6) is 0.106. The second kappa shape index (κ2) is 6.99. The number of amides is 1. The van der Waals surface area contributed by atoms with Crippen LogP contribution in [0.25, 0.3) is 0 Å². The van der Waals surface area contributed by atoms with E-state index in [0.717, 1.165) is 5.69 Å². The van der Waals surface area contributed by atoms with Gasteiger partial charge in [-0.25, -0.2) is 4.68 Å². The third-order valence-corrected chi connectivity index (χ3v) is 4.96. The van der Waals surface area contributed by atoms with Crippen LogP contribution in [0.4, 0.5) is 0 Å². The van der Waals surface area contributed by atoms with Crippen molar-refractivity contribution in [2.24, 2.45) is 5.41 Å². The molecule has 1 amide bonds. The maximum atomic E-state index is 12.9. The molecule has 1 rings (SSSR count). The zero-order chi connectivity index (χ0) is 18.0. The molecule has 0 saturated heterocycles. The Morgan fingerprint density at radius 3 is 2.30 bits per heavy atom. The van der Waals surface area contributed by atoms with E-state index in [9.17, 15) is 4.79 Å². The fourth-order valence-electron chi connectivity index (χ4n) is 2.18. The van der Waals surface area contributed by atoms with Crippen molar-refractivity contribution < 1.29 is 4.79 Å². The molecule has 0 aliphatic carbocycles. The second-order valence-corrected chi connectivity index (χ2v) is 7.88. The van der Waals surface area contributed by atoms with Gasteiger partial charge in [-0.2, -0.15) is 0 Å². The number of carbonyl (C=O) groups is 1. The lowest BCUT2D eigenvalue weighted by Crippen LogP contribution is -2.53. The highest BCUT2D eigenvalue weighted by atomic mass is 16.2. The van der Waals surface area contributed by atoms with Gasteiger partial charge in [0.1, 0.15) is 0 Å². The first-order valence-electron chi connectivity index (χ1n) is 8.33. The van der Waals surface area contributed by atoms with Crippen molar-refractivity contribution in [2.45, 2.75) is 79.6 Å². The monoisotopic (exact) mass is 323 g/mol. The standard InChI is InChI=1S/C17H33N5O/c1-12(2)18-10-14-11-22(20-19-14)17(7,8)16(5,6)15(23)21(9)13(3)4/h11-13,18H,10H2,1-9H3. The summed E-state index contributed by atoms with van der Waals surface area (Å²) in [6.07, 6.45) is 1.93. The molecule has 0 aromatic carbocycles. The van der Waals surface area contributed by atoms with E-state index in [2.05, 4.69) is 29.5 Å². The molecule has 23 heavy (non-hydrogen) atoms. The molecule has 0 aliphatic rings. The average Bonchev–Trinajstić information content (AvgIpc) is 2.92. The Kier molecular flexibility index (Phi) is 5.96. The molecule has 0 bridgehead atoms. The van der Waals surface area contributed by atoms with Gasteiger partial charge in [-0.1, -0.05) is 19.1 Å². The molecule has 1 heterocycles. The summed E-state index contributed by atoms with van der Waals surface area (Å²) in [4.78, 5) is 14.7. The molecule has 0 unspecified atom stereocenters. The van der Waals surface area contributed by atoms with Crippen LogP contribution >= 0.6 is 0 Å². The van der Waals surface area contributed by atoms with Gasteiger partial charge in [0.15, 0.2) is 0 Å². The third kappa shape index (κ3) is 4.10. The summed E-state index contributed by atoms with van der Waals surface area (Å²) in [7, 11) is 1.85. The predicted molar refractivity (Wildman–Crippen MR) is 93.0 cm³/mol. The summed E-state index contributed by atoms with van der Waals surface area (Å²) in [5.41, 5.74) is -0.217. The highest BCUT2D eigenvalue weighted by Gasteiger charge is 2.47. The molecule has 0 aliphatic heterocycles. The number of hydrogen-bond acceptors (Lipinski definition) is 4. The quantitative estimate of drug-likeness (QED) is 0.837. The van der Waals surface area contributed by atoms with Crippen LogP contribution in [0.3, 0.4) is 0 Å². The van der Waals surface area contributed by atoms with E-state index in [0.29, 0.717) is 12.6 Å². The maximum Gasteiger partial charge on any atom is 0.230 e. The lowest BCUT2D eigenvalue weighted by atomic mass is 9.73. The number of rotatable bonds is 7. The fourth-order valence-corrected chi connectivity index (χ4v) is 2.18. The van der Waals surface area contributed by atoms with Crippen LogP contribution in [0.15, 0.2) is 6.20 Å². The normalized spacial score (nSPS) is 13.0. The van der Waals surface area contributed by atoms with Crippen molar-refractivity contribution in [3.05, 3.63) is 11.9 Å². The highest BCUT2D eigenvalue weighted by Crippen LogP contribution is 2.38. The molecule has 1 aromatic rings. The number of carbonyl (C=O) groups excluding carboxylic acids is 1. The molecule has 1 N–H and O–H groups in total. The van der Waals surface area contributed by atoms with Gasteiger partial charge in [0.2, 0.25) is 5.91 Å². The van der Waals surface area contributed by atoms with E-state index >= 15 is 0 Å². The summed E-state index contributed by atoms with van der Waals surface area (Å²) < 4.78 is 1.82. The number of aromatic nitrogens is 3. The molecule has 1 aromatic heterocycles. The van der Waals surface area contributed by atoms with E-state index in [1.807, 2.05) is 59.5 Å². The minimum absolute atomic E-state index is 0.106. The molecule has 0 saturated carbocycles. The van der Waals surface area contributed by atoms with Crippen LogP contribution < -0.4 is 5.32 Å². The van der Waals surface area contributed by atoms with Gasteiger partial charge in [0.05, 0.1) is 22.8 Å². The molecule has 0 spiro atoms. The van der Waals surface area contributed by atoms with E-state index < -0.39 is 11.0 Å². The fraction of sp³-hybridized carbons (Fsp3) is 0.824. The molecule has 6 heteroatoms. The molecule has 6 nitrogen and oxygen atoms in total. The number of hydrogen-bond donors (Lipinski definition) is 1. The zero-order valence-corrected chi connectivity index (χ0v) is 16.1. The SMILES string of the molecule is CC(C)NCc1cn(C(C)(C)C(C)(C)C(=O)N(C)C(C)C)nn1. The Morgan fingerprint density at radius 1 is 1.26 bits per heavy atom. The van der Waals surface area contributed by atoms with Crippen molar-refractivity contribution in [2.75, 3.05) is 7.05 Å². The van der Waals surface area contributed by atoms with Crippen LogP contribution in [0.2, 0.25) is 0 Å². The molecule has 0 atom stereocenters. The second-order valence-electron chi connectivity index (χ2n) is 7.88. The van der Waals surface area contributed by atoms with Gasteiger partial charge >= 0.3 is 0 Å². The first-order chi connectivity index (χ1) is 10.4. The van der Waals surface area contributed by atoms with Crippen LogP contribution in [0.1, 0.15) is 61.1 Å². The van der Waals surface area contributed by atoms with Gasteiger partial charge in [0, 0.05) is 25.7 Å². The highest BCUT2D eigenvalue weighted by molar-refractivity contribution is 5.83. The van der Waals surface area contributed by atoms with E-state index in [-0.39, 0.29) is 11.9 Å². The Morgan fingerprint density at radius 2 is 1.83 bits per heavy atom. The van der Waals surface area contributed by atoms with Crippen LogP contribution in [-0.4, -0.2) is 44.9 Å². The first kappa shape index (κ1) is 19.6. The van der Waals surface area contributed by atoms with E-state index in [4.69, 9.17) is 0 Å². The van der Waals surface area contributed by atoms with E-state index in [1.54, 1.807) is 4.90 Å². The maximum absolute atomic E-state index is 12.9. The Hall–Kier alpha value is -1.43. The van der Waals surface area contributed by atoms with Gasteiger partial charge in [-0.3, -0.25) is 4.79 Å². The summed E-state index contributed by atoms with van der Waals surface area (Å²) in [6, 6.07) is 0.560. The zero-order valence-electron chi connectivity index (χ0n) is 16.1. The molecular weight excluding hydrogens is 290 g/mol. The Bertz CT molecular complexity index is 531. The smallest absolute Gasteiger partial charge is 0.230 e. The van der Waals surface area contributed by atoms with Crippen molar-refractivity contribution in [1.29, 1.82) is 0 Å². The largest absolute Gasteiger partial charge is 0.343 e. The van der Waals surface area contributed by atoms with Crippen molar-refractivity contribution in [3.8, 4) is 0 Å². The number of nitrogens with one attached hydrogen (secondary N) is 1. The van der Waals surface area contributed by atoms with Crippen molar-refractivity contribution in [1.82, 2.24) is 25.2 Å². The van der Waals surface area contributed by atoms with Crippen LogP contribution in [0.5, 0.6) is 0 Å².